The predicted octanol–water partition coefficient (Wildman–Crippen LogP) is 4.68. The van der Waals surface area contributed by atoms with Gasteiger partial charge in [-0.15, -0.1) is 0 Å². The summed E-state index contributed by atoms with van der Waals surface area (Å²) in [5.74, 6) is 0.000945. The summed E-state index contributed by atoms with van der Waals surface area (Å²) in [6.07, 6.45) is 2.28. The van der Waals surface area contributed by atoms with Crippen molar-refractivity contribution in [3.8, 4) is 5.75 Å². The Bertz CT molecular complexity index is 650. The van der Waals surface area contributed by atoms with Crippen LogP contribution in [-0.2, 0) is 16.1 Å². The van der Waals surface area contributed by atoms with Crippen LogP contribution in [0.1, 0.15) is 17.4 Å². The van der Waals surface area contributed by atoms with Crippen molar-refractivity contribution in [2.75, 3.05) is 0 Å². The van der Waals surface area contributed by atoms with Crippen LogP contribution < -0.4 is 4.74 Å². The molecule has 2 aromatic rings. The second-order valence-electron chi connectivity index (χ2n) is 4.45. The molecule has 0 aliphatic carbocycles. The highest BCUT2D eigenvalue weighted by atomic mass is 79.9. The number of hydrogen-bond acceptors (Lipinski definition) is 3. The Balaban J connectivity index is 1.84. The Kier molecular flexibility index (Phi) is 4.10. The summed E-state index contributed by atoms with van der Waals surface area (Å²) in [6, 6.07) is 12.6. The fourth-order valence-corrected chi connectivity index (χ4v) is 2.34. The highest BCUT2D eigenvalue weighted by Crippen LogP contribution is 2.35. The van der Waals surface area contributed by atoms with Gasteiger partial charge in [0.15, 0.2) is 0 Å². The largest absolute Gasteiger partial charge is 0.488 e. The van der Waals surface area contributed by atoms with Crippen LogP contribution in [-0.4, -0.2) is 0 Å². The zero-order valence-electron chi connectivity index (χ0n) is 11.0. The van der Waals surface area contributed by atoms with Crippen molar-refractivity contribution in [3.63, 3.8) is 0 Å². The first-order valence-corrected chi connectivity index (χ1v) is 7.15. The van der Waals surface area contributed by atoms with Crippen molar-refractivity contribution in [3.05, 3.63) is 76.4 Å². The summed E-state index contributed by atoms with van der Waals surface area (Å²) in [5.41, 5.74) is 1.63. The van der Waals surface area contributed by atoms with E-state index in [9.17, 15) is 4.39 Å². The van der Waals surface area contributed by atoms with Gasteiger partial charge in [0.2, 0.25) is 0 Å². The fraction of sp³-hybridized carbons (Fsp3) is 0.125. The molecule has 0 spiro atoms. The van der Waals surface area contributed by atoms with Gasteiger partial charge in [0.1, 0.15) is 30.7 Å². The van der Waals surface area contributed by atoms with E-state index < -0.39 is 12.1 Å². The van der Waals surface area contributed by atoms with Gasteiger partial charge < -0.3 is 14.2 Å². The van der Waals surface area contributed by atoms with E-state index >= 15 is 0 Å². The molecule has 0 atom stereocenters. The number of hydrogen-bond donors (Lipinski definition) is 0. The molecule has 0 unspecified atom stereocenters. The maximum Gasteiger partial charge on any atom is 0.269 e. The number of ether oxygens (including phenoxy) is 3. The first-order chi connectivity index (χ1) is 10.2. The van der Waals surface area contributed by atoms with Crippen molar-refractivity contribution < 1.29 is 18.6 Å². The average Bonchev–Trinajstić information content (AvgIpc) is 3.03. The van der Waals surface area contributed by atoms with Crippen LogP contribution in [0.5, 0.6) is 5.75 Å². The van der Waals surface area contributed by atoms with E-state index in [0.717, 1.165) is 5.56 Å². The molecule has 3 nitrogen and oxygen atoms in total. The maximum absolute atomic E-state index is 13.7. The number of rotatable bonds is 4. The average molecular weight is 351 g/mol. The SMILES string of the molecule is Fc1cc(OCc2ccccc2)c(C2OC=CO2)cc1Br. The van der Waals surface area contributed by atoms with Crippen LogP contribution in [0.4, 0.5) is 4.39 Å². The molecule has 108 valence electrons. The topological polar surface area (TPSA) is 27.7 Å². The predicted molar refractivity (Wildman–Crippen MR) is 78.9 cm³/mol. The van der Waals surface area contributed by atoms with Crippen LogP contribution >= 0.6 is 15.9 Å². The zero-order chi connectivity index (χ0) is 14.7. The molecule has 0 radical (unpaired) electrons. The second kappa shape index (κ2) is 6.18. The third kappa shape index (κ3) is 3.19. The minimum absolute atomic E-state index is 0.337. The standard InChI is InChI=1S/C16H12BrFO3/c17-13-8-12(16-19-6-7-20-16)15(9-14(13)18)21-10-11-4-2-1-3-5-11/h1-9,16H,10H2. The maximum atomic E-state index is 13.7. The first-order valence-electron chi connectivity index (χ1n) is 6.35. The highest BCUT2D eigenvalue weighted by molar-refractivity contribution is 9.10. The van der Waals surface area contributed by atoms with E-state index in [1.807, 2.05) is 30.3 Å². The van der Waals surface area contributed by atoms with Crippen molar-refractivity contribution in [1.82, 2.24) is 0 Å². The summed E-state index contributed by atoms with van der Waals surface area (Å²) in [5, 5.41) is 0. The van der Waals surface area contributed by atoms with Crippen molar-refractivity contribution in [2.24, 2.45) is 0 Å². The molecule has 0 amide bonds. The van der Waals surface area contributed by atoms with E-state index in [2.05, 4.69) is 15.9 Å². The molecule has 1 aliphatic rings. The summed E-state index contributed by atoms with van der Waals surface area (Å²) in [6.45, 7) is 0.342. The lowest BCUT2D eigenvalue weighted by molar-refractivity contribution is -0.0266. The van der Waals surface area contributed by atoms with Gasteiger partial charge in [-0.3, -0.25) is 0 Å². The molecular formula is C16H12BrFO3. The van der Waals surface area contributed by atoms with Gasteiger partial charge in [0.25, 0.3) is 6.29 Å². The van der Waals surface area contributed by atoms with E-state index in [-0.39, 0.29) is 0 Å². The monoisotopic (exact) mass is 350 g/mol. The molecule has 3 rings (SSSR count). The third-order valence-corrected chi connectivity index (χ3v) is 3.61. The molecule has 0 saturated carbocycles. The van der Waals surface area contributed by atoms with Gasteiger partial charge in [0, 0.05) is 6.07 Å². The molecule has 0 N–H and O–H groups in total. The molecule has 5 heteroatoms. The van der Waals surface area contributed by atoms with Crippen molar-refractivity contribution >= 4 is 15.9 Å². The van der Waals surface area contributed by atoms with Gasteiger partial charge in [-0.1, -0.05) is 30.3 Å². The van der Waals surface area contributed by atoms with Crippen LogP contribution in [0, 0.1) is 5.82 Å². The fourth-order valence-electron chi connectivity index (χ4n) is 1.97. The van der Waals surface area contributed by atoms with Gasteiger partial charge in [-0.25, -0.2) is 4.39 Å². The summed E-state index contributed by atoms with van der Waals surface area (Å²) >= 11 is 3.16. The quantitative estimate of drug-likeness (QED) is 0.800. The normalized spacial score (nSPS) is 13.8. The Morgan fingerprint density at radius 2 is 1.81 bits per heavy atom. The van der Waals surface area contributed by atoms with E-state index in [0.29, 0.717) is 22.4 Å². The Hall–Kier alpha value is -2.01. The van der Waals surface area contributed by atoms with Gasteiger partial charge in [0.05, 0.1) is 10.0 Å². The lowest BCUT2D eigenvalue weighted by Gasteiger charge is -2.16. The van der Waals surface area contributed by atoms with E-state index in [1.54, 1.807) is 6.07 Å². The van der Waals surface area contributed by atoms with Gasteiger partial charge in [-0.05, 0) is 27.6 Å². The molecule has 0 fully saturated rings. The van der Waals surface area contributed by atoms with Crippen LogP contribution in [0.3, 0.4) is 0 Å². The highest BCUT2D eigenvalue weighted by Gasteiger charge is 2.22. The first kappa shape index (κ1) is 13.9. The molecule has 0 aromatic heterocycles. The molecule has 21 heavy (non-hydrogen) atoms. The number of benzene rings is 2. The Morgan fingerprint density at radius 3 is 2.52 bits per heavy atom. The minimum Gasteiger partial charge on any atom is -0.488 e. The molecular weight excluding hydrogens is 339 g/mol. The lowest BCUT2D eigenvalue weighted by Crippen LogP contribution is -2.05. The Morgan fingerprint density at radius 1 is 1.10 bits per heavy atom. The second-order valence-corrected chi connectivity index (χ2v) is 5.31. The van der Waals surface area contributed by atoms with Crippen molar-refractivity contribution in [2.45, 2.75) is 12.9 Å². The van der Waals surface area contributed by atoms with Crippen LogP contribution in [0.2, 0.25) is 0 Å². The smallest absolute Gasteiger partial charge is 0.269 e. The van der Waals surface area contributed by atoms with Crippen LogP contribution in [0.25, 0.3) is 0 Å². The van der Waals surface area contributed by atoms with Crippen LogP contribution in [0.15, 0.2) is 59.5 Å². The summed E-state index contributed by atoms with van der Waals surface area (Å²) in [7, 11) is 0. The summed E-state index contributed by atoms with van der Waals surface area (Å²) < 4.78 is 30.4. The molecule has 1 aliphatic heterocycles. The van der Waals surface area contributed by atoms with E-state index in [4.69, 9.17) is 14.2 Å². The Labute approximate surface area is 130 Å². The minimum atomic E-state index is -0.618. The summed E-state index contributed by atoms with van der Waals surface area (Å²) in [4.78, 5) is 0. The van der Waals surface area contributed by atoms with Crippen molar-refractivity contribution in [1.29, 1.82) is 0 Å². The molecule has 1 heterocycles. The molecule has 0 saturated heterocycles. The van der Waals surface area contributed by atoms with E-state index in [1.165, 1.54) is 18.6 Å². The zero-order valence-corrected chi connectivity index (χ0v) is 12.5. The third-order valence-electron chi connectivity index (χ3n) is 3.00. The van der Waals surface area contributed by atoms with Gasteiger partial charge >= 0.3 is 0 Å². The number of halogens is 2. The molecule has 2 aromatic carbocycles. The molecule has 0 bridgehead atoms. The lowest BCUT2D eigenvalue weighted by atomic mass is 10.2. The van der Waals surface area contributed by atoms with Gasteiger partial charge in [-0.2, -0.15) is 0 Å².